The lowest BCUT2D eigenvalue weighted by atomic mass is 10.1. The van der Waals surface area contributed by atoms with E-state index in [1.807, 2.05) is 0 Å². The fraction of sp³-hybridized carbons (Fsp3) is 0.258. The second-order valence-electron chi connectivity index (χ2n) is 11.4. The van der Waals surface area contributed by atoms with E-state index in [9.17, 15) is 31.1 Å². The van der Waals surface area contributed by atoms with Gasteiger partial charge in [0.05, 0.1) is 11.9 Å². The summed E-state index contributed by atoms with van der Waals surface area (Å²) >= 11 is 0. The number of amides is 1. The van der Waals surface area contributed by atoms with E-state index >= 15 is 8.78 Å². The summed E-state index contributed by atoms with van der Waals surface area (Å²) in [4.78, 5) is 20.6. The van der Waals surface area contributed by atoms with Crippen LogP contribution in [-0.4, -0.2) is 35.4 Å². The number of hydrogen-bond donors (Lipinski definition) is 1. The minimum atomic E-state index is -4.74. The van der Waals surface area contributed by atoms with Crippen LogP contribution in [0, 0.1) is 11.6 Å². The predicted molar refractivity (Wildman–Crippen MR) is 150 cm³/mol. The number of nitrogens with zero attached hydrogens (tertiary/aromatic N) is 6. The molecule has 16 heteroatoms. The molecule has 2 N–H and O–H groups in total. The van der Waals surface area contributed by atoms with E-state index in [4.69, 9.17) is 5.73 Å². The predicted octanol–water partition coefficient (Wildman–Crippen LogP) is 7.35. The number of alkyl halides is 6. The normalized spacial score (nSPS) is 15.3. The highest BCUT2D eigenvalue weighted by atomic mass is 19.4. The van der Waals surface area contributed by atoms with Gasteiger partial charge in [0.1, 0.15) is 28.7 Å². The van der Waals surface area contributed by atoms with E-state index in [2.05, 4.69) is 20.2 Å². The Morgan fingerprint density at radius 2 is 1.19 bits per heavy atom. The van der Waals surface area contributed by atoms with Gasteiger partial charge in [0.15, 0.2) is 17.1 Å². The standard InChI is InChI=1S/C31H21F8N7O/c32-18-9-16(5-7-21(18)45-23(14-1-2-14)11-25(43-45)30(34,35)36)20-13-41-28(29(40)47)27(42-20)17-6-8-22(19(33)10-17)46-24(15-3-4-15)12-26(44-46)31(37,38)39/h5-15H,1-4H2,(H2,40,47). The minimum Gasteiger partial charge on any atom is -0.364 e. The maximum atomic E-state index is 15.5. The highest BCUT2D eigenvalue weighted by molar-refractivity contribution is 5.97. The van der Waals surface area contributed by atoms with E-state index in [-0.39, 0.29) is 62.8 Å². The molecular formula is C31H21F8N7O. The summed E-state index contributed by atoms with van der Waals surface area (Å²) in [6.07, 6.45) is -5.78. The molecule has 5 aromatic rings. The average molecular weight is 660 g/mol. The lowest BCUT2D eigenvalue weighted by molar-refractivity contribution is -0.142. The average Bonchev–Trinajstić information content (AvgIpc) is 3.94. The molecule has 2 aromatic carbocycles. The molecule has 8 nitrogen and oxygen atoms in total. The van der Waals surface area contributed by atoms with Crippen LogP contribution in [0.15, 0.2) is 54.7 Å². The fourth-order valence-electron chi connectivity index (χ4n) is 5.37. The highest BCUT2D eigenvalue weighted by Gasteiger charge is 2.40. The lowest BCUT2D eigenvalue weighted by Gasteiger charge is -2.13. The summed E-state index contributed by atoms with van der Waals surface area (Å²) in [5, 5.41) is 7.20. The SMILES string of the molecule is NC(=O)c1ncc(-c2ccc(-n3nc(C(F)(F)F)cc3C3CC3)c(F)c2)nc1-c1ccc(-n2nc(C(F)(F)F)cc2C2CC2)c(F)c1. The smallest absolute Gasteiger partial charge is 0.364 e. The molecule has 3 heterocycles. The molecule has 0 atom stereocenters. The zero-order valence-electron chi connectivity index (χ0n) is 23.9. The number of primary amides is 1. The molecule has 242 valence electrons. The molecule has 2 aliphatic rings. The van der Waals surface area contributed by atoms with Gasteiger partial charge >= 0.3 is 12.4 Å². The molecule has 3 aromatic heterocycles. The van der Waals surface area contributed by atoms with Crippen LogP contribution < -0.4 is 5.73 Å². The maximum absolute atomic E-state index is 15.5. The number of hydrogen-bond acceptors (Lipinski definition) is 5. The number of halogens is 8. The van der Waals surface area contributed by atoms with Gasteiger partial charge in [0, 0.05) is 34.4 Å². The van der Waals surface area contributed by atoms with Crippen LogP contribution in [0.2, 0.25) is 0 Å². The lowest BCUT2D eigenvalue weighted by Crippen LogP contribution is -2.16. The van der Waals surface area contributed by atoms with Crippen molar-refractivity contribution in [3.05, 3.63) is 94.8 Å². The monoisotopic (exact) mass is 659 g/mol. The second-order valence-corrected chi connectivity index (χ2v) is 11.4. The summed E-state index contributed by atoms with van der Waals surface area (Å²) in [5.41, 5.74) is 2.72. The Kier molecular flexibility index (Phi) is 6.95. The van der Waals surface area contributed by atoms with E-state index in [1.54, 1.807) is 0 Å². The molecule has 0 spiro atoms. The molecule has 0 unspecified atom stereocenters. The first-order valence-electron chi connectivity index (χ1n) is 14.3. The molecule has 0 aliphatic heterocycles. The van der Waals surface area contributed by atoms with Crippen LogP contribution in [0.3, 0.4) is 0 Å². The van der Waals surface area contributed by atoms with Gasteiger partial charge < -0.3 is 5.73 Å². The first kappa shape index (κ1) is 30.5. The zero-order chi connectivity index (χ0) is 33.4. The Morgan fingerprint density at radius 3 is 1.62 bits per heavy atom. The molecule has 2 saturated carbocycles. The number of carbonyl (C=O) groups excluding carboxylic acids is 1. The molecule has 47 heavy (non-hydrogen) atoms. The molecule has 2 fully saturated rings. The first-order chi connectivity index (χ1) is 22.2. The van der Waals surface area contributed by atoms with Crippen molar-refractivity contribution >= 4 is 5.91 Å². The van der Waals surface area contributed by atoms with Gasteiger partial charge in [-0.05, 0) is 62.1 Å². The number of carbonyl (C=O) groups is 1. The summed E-state index contributed by atoms with van der Waals surface area (Å²) in [6.45, 7) is 0. The van der Waals surface area contributed by atoms with E-state index in [1.165, 1.54) is 24.3 Å². The van der Waals surface area contributed by atoms with Gasteiger partial charge in [0.25, 0.3) is 5.91 Å². The van der Waals surface area contributed by atoms with Gasteiger partial charge in [0.2, 0.25) is 0 Å². The molecule has 1 amide bonds. The van der Waals surface area contributed by atoms with Gasteiger partial charge in [-0.1, -0.05) is 12.1 Å². The summed E-state index contributed by atoms with van der Waals surface area (Å²) < 4.78 is 113. The van der Waals surface area contributed by atoms with Crippen LogP contribution in [0.1, 0.15) is 70.8 Å². The third-order valence-electron chi connectivity index (χ3n) is 7.97. The van der Waals surface area contributed by atoms with E-state index in [0.717, 1.165) is 39.8 Å². The first-order valence-corrected chi connectivity index (χ1v) is 14.3. The molecule has 0 bridgehead atoms. The number of nitrogens with two attached hydrogens (primary N) is 1. The van der Waals surface area contributed by atoms with Gasteiger partial charge in [-0.15, -0.1) is 0 Å². The van der Waals surface area contributed by atoms with Crippen LogP contribution in [0.4, 0.5) is 35.1 Å². The fourth-order valence-corrected chi connectivity index (χ4v) is 5.37. The van der Waals surface area contributed by atoms with Gasteiger partial charge in [-0.25, -0.2) is 28.1 Å². The Balaban J connectivity index is 1.26. The van der Waals surface area contributed by atoms with Crippen molar-refractivity contribution in [2.45, 2.75) is 49.9 Å². The molecule has 0 saturated heterocycles. The topological polar surface area (TPSA) is 105 Å². The van der Waals surface area contributed by atoms with Crippen LogP contribution in [-0.2, 0) is 12.4 Å². The molecule has 0 radical (unpaired) electrons. The zero-order valence-corrected chi connectivity index (χ0v) is 23.9. The van der Waals surface area contributed by atoms with Crippen LogP contribution in [0.25, 0.3) is 33.9 Å². The Morgan fingerprint density at radius 1 is 0.723 bits per heavy atom. The van der Waals surface area contributed by atoms with E-state index in [0.29, 0.717) is 25.7 Å². The van der Waals surface area contributed by atoms with Crippen molar-refractivity contribution in [2.75, 3.05) is 0 Å². The summed E-state index contributed by atoms with van der Waals surface area (Å²) in [7, 11) is 0. The van der Waals surface area contributed by atoms with Crippen molar-refractivity contribution in [1.82, 2.24) is 29.5 Å². The molecule has 2 aliphatic carbocycles. The second kappa shape index (κ2) is 10.7. The van der Waals surface area contributed by atoms with Crippen molar-refractivity contribution in [1.29, 1.82) is 0 Å². The van der Waals surface area contributed by atoms with Crippen LogP contribution >= 0.6 is 0 Å². The third-order valence-corrected chi connectivity index (χ3v) is 7.97. The van der Waals surface area contributed by atoms with Crippen molar-refractivity contribution in [3.63, 3.8) is 0 Å². The van der Waals surface area contributed by atoms with Gasteiger partial charge in [-0.2, -0.15) is 36.5 Å². The van der Waals surface area contributed by atoms with Crippen LogP contribution in [0.5, 0.6) is 0 Å². The Labute approximate surface area is 259 Å². The summed E-state index contributed by atoms with van der Waals surface area (Å²) in [6, 6.07) is 8.86. The Hall–Kier alpha value is -5.15. The van der Waals surface area contributed by atoms with Crippen molar-refractivity contribution < 1.29 is 39.9 Å². The summed E-state index contributed by atoms with van der Waals surface area (Å²) in [5.74, 6) is -3.28. The third kappa shape index (κ3) is 5.72. The minimum absolute atomic E-state index is 0.00652. The highest BCUT2D eigenvalue weighted by Crippen LogP contribution is 2.44. The van der Waals surface area contributed by atoms with Crippen molar-refractivity contribution in [3.8, 4) is 33.9 Å². The van der Waals surface area contributed by atoms with Gasteiger partial charge in [-0.3, -0.25) is 4.79 Å². The van der Waals surface area contributed by atoms with E-state index < -0.39 is 41.3 Å². The van der Waals surface area contributed by atoms with Crippen molar-refractivity contribution in [2.24, 2.45) is 5.73 Å². The number of benzene rings is 2. The molecular weight excluding hydrogens is 638 g/mol. The number of rotatable bonds is 7. The molecule has 7 rings (SSSR count). The quantitative estimate of drug-likeness (QED) is 0.184. The Bertz CT molecular complexity index is 2060. The number of aromatic nitrogens is 6. The largest absolute Gasteiger partial charge is 0.435 e. The maximum Gasteiger partial charge on any atom is 0.435 e.